The van der Waals surface area contributed by atoms with Gasteiger partial charge in [0, 0.05) is 18.5 Å². The molecule has 1 unspecified atom stereocenters. The summed E-state index contributed by atoms with van der Waals surface area (Å²) in [6, 6.07) is 10.1. The number of nitrogens with zero attached hydrogens (tertiary/aromatic N) is 3. The number of fused-ring (bicyclic) bond motifs is 1. The number of aliphatic hydroxyl groups excluding tert-OH is 1. The van der Waals surface area contributed by atoms with Gasteiger partial charge in [0.1, 0.15) is 11.5 Å². The van der Waals surface area contributed by atoms with Crippen molar-refractivity contribution in [3.8, 4) is 0 Å². The van der Waals surface area contributed by atoms with Gasteiger partial charge in [-0.3, -0.25) is 9.58 Å². The number of piperidine rings is 1. The van der Waals surface area contributed by atoms with Crippen molar-refractivity contribution in [2.75, 3.05) is 26.3 Å². The van der Waals surface area contributed by atoms with E-state index in [0.29, 0.717) is 55.8 Å². The van der Waals surface area contributed by atoms with Crippen molar-refractivity contribution in [1.82, 2.24) is 14.7 Å². The number of hydrogen-bond donors (Lipinski definition) is 1. The number of ether oxygens (including phenoxy) is 1. The maximum Gasteiger partial charge on any atom is 0.416 e. The molecule has 170 valence electrons. The molecule has 5 nitrogen and oxygen atoms in total. The number of benzene rings is 2. The van der Waals surface area contributed by atoms with Crippen LogP contribution >= 0.6 is 0 Å². The van der Waals surface area contributed by atoms with Crippen LogP contribution in [0.25, 0.3) is 10.9 Å². The summed E-state index contributed by atoms with van der Waals surface area (Å²) in [6.45, 7) is 1.84. The molecule has 1 atom stereocenters. The van der Waals surface area contributed by atoms with Crippen LogP contribution < -0.4 is 0 Å². The Labute approximate surface area is 182 Å². The highest BCUT2D eigenvalue weighted by Gasteiger charge is 2.37. The second-order valence-electron chi connectivity index (χ2n) is 8.45. The van der Waals surface area contributed by atoms with E-state index in [9.17, 15) is 22.7 Å². The first kappa shape index (κ1) is 21.4. The Hall–Kier alpha value is -2.49. The third-order valence-corrected chi connectivity index (χ3v) is 6.49. The topological polar surface area (TPSA) is 50.5 Å². The molecule has 2 aromatic carbocycles. The molecule has 0 amide bonds. The lowest BCUT2D eigenvalue weighted by atomic mass is 9.86. The van der Waals surface area contributed by atoms with Crippen molar-refractivity contribution in [1.29, 1.82) is 0 Å². The summed E-state index contributed by atoms with van der Waals surface area (Å²) in [5, 5.41) is 16.2. The second kappa shape index (κ2) is 8.13. The Morgan fingerprint density at radius 2 is 1.78 bits per heavy atom. The largest absolute Gasteiger partial charge is 0.416 e. The first-order valence-electron chi connectivity index (χ1n) is 10.7. The van der Waals surface area contributed by atoms with E-state index in [1.54, 1.807) is 21.7 Å². The van der Waals surface area contributed by atoms with Crippen LogP contribution in [0.4, 0.5) is 17.6 Å². The molecule has 0 bridgehead atoms. The average molecular weight is 449 g/mol. The monoisotopic (exact) mass is 449 g/mol. The van der Waals surface area contributed by atoms with Gasteiger partial charge in [0.05, 0.1) is 30.3 Å². The molecule has 0 radical (unpaired) electrons. The second-order valence-corrected chi connectivity index (χ2v) is 8.45. The Kier molecular flexibility index (Phi) is 5.43. The lowest BCUT2D eigenvalue weighted by Crippen LogP contribution is -2.37. The molecule has 2 fully saturated rings. The smallest absolute Gasteiger partial charge is 0.377 e. The van der Waals surface area contributed by atoms with Crippen LogP contribution in [0, 0.1) is 5.82 Å². The highest BCUT2D eigenvalue weighted by molar-refractivity contribution is 5.82. The van der Waals surface area contributed by atoms with Gasteiger partial charge in [-0.25, -0.2) is 4.39 Å². The van der Waals surface area contributed by atoms with Crippen molar-refractivity contribution >= 4 is 10.9 Å². The molecule has 1 aromatic heterocycles. The van der Waals surface area contributed by atoms with Gasteiger partial charge in [-0.15, -0.1) is 0 Å². The standard InChI is InChI=1S/C23H23F4N3O2/c24-15-5-6-20-18(11-15)21(28-30(20)16-12-32-13-16)22(31)29-9-7-14(8-10-29)17-3-1-2-4-19(17)23(25,26)27/h1-6,11,14,16,22,31H,7-10,12-13H2. The van der Waals surface area contributed by atoms with Crippen LogP contribution in [0.2, 0.25) is 0 Å². The van der Waals surface area contributed by atoms with Gasteiger partial charge in [-0.05, 0) is 48.6 Å². The van der Waals surface area contributed by atoms with Gasteiger partial charge in [0.2, 0.25) is 0 Å². The summed E-state index contributed by atoms with van der Waals surface area (Å²) in [7, 11) is 0. The molecule has 0 spiro atoms. The molecule has 2 aliphatic rings. The summed E-state index contributed by atoms with van der Waals surface area (Å²) < 4.78 is 61.2. The van der Waals surface area contributed by atoms with E-state index in [1.807, 2.05) is 0 Å². The molecular formula is C23H23F4N3O2. The van der Waals surface area contributed by atoms with Gasteiger partial charge in [-0.1, -0.05) is 18.2 Å². The van der Waals surface area contributed by atoms with Crippen molar-refractivity contribution in [3.05, 3.63) is 65.1 Å². The molecule has 5 rings (SSSR count). The van der Waals surface area contributed by atoms with E-state index in [2.05, 4.69) is 5.10 Å². The highest BCUT2D eigenvalue weighted by Crippen LogP contribution is 2.40. The van der Waals surface area contributed by atoms with Crippen LogP contribution in [-0.4, -0.2) is 46.1 Å². The van der Waals surface area contributed by atoms with Crippen molar-refractivity contribution < 1.29 is 27.4 Å². The number of halogens is 4. The molecule has 3 aromatic rings. The summed E-state index contributed by atoms with van der Waals surface area (Å²) in [6.07, 6.45) is -4.50. The third kappa shape index (κ3) is 3.78. The van der Waals surface area contributed by atoms with E-state index >= 15 is 0 Å². The Balaban J connectivity index is 1.37. The van der Waals surface area contributed by atoms with Gasteiger partial charge in [0.25, 0.3) is 0 Å². The maximum absolute atomic E-state index is 14.0. The quantitative estimate of drug-likeness (QED) is 0.590. The summed E-state index contributed by atoms with van der Waals surface area (Å²) in [4.78, 5) is 1.79. The van der Waals surface area contributed by atoms with E-state index in [4.69, 9.17) is 4.74 Å². The van der Waals surface area contributed by atoms with Gasteiger partial charge < -0.3 is 9.84 Å². The SMILES string of the molecule is OC(c1nn(C2COC2)c2ccc(F)cc12)N1CCC(c2ccccc2C(F)(F)F)CC1. The Morgan fingerprint density at radius 1 is 1.06 bits per heavy atom. The minimum absolute atomic E-state index is 0.0357. The summed E-state index contributed by atoms with van der Waals surface area (Å²) >= 11 is 0. The van der Waals surface area contributed by atoms with Crippen LogP contribution in [-0.2, 0) is 10.9 Å². The zero-order valence-corrected chi connectivity index (χ0v) is 17.2. The first-order valence-corrected chi connectivity index (χ1v) is 10.7. The number of alkyl halides is 3. The zero-order valence-electron chi connectivity index (χ0n) is 17.2. The normalized spacial score (nSPS) is 19.9. The van der Waals surface area contributed by atoms with Gasteiger partial charge >= 0.3 is 6.18 Å². The van der Waals surface area contributed by atoms with Crippen LogP contribution in [0.3, 0.4) is 0 Å². The van der Waals surface area contributed by atoms with Gasteiger partial charge in [0.15, 0.2) is 6.23 Å². The molecule has 9 heteroatoms. The number of hydrogen-bond acceptors (Lipinski definition) is 4. The van der Waals surface area contributed by atoms with E-state index < -0.39 is 23.8 Å². The fraction of sp³-hybridized carbons (Fsp3) is 0.435. The van der Waals surface area contributed by atoms with Crippen LogP contribution in [0.5, 0.6) is 0 Å². The average Bonchev–Trinajstić information content (AvgIpc) is 3.09. The molecule has 3 heterocycles. The molecule has 32 heavy (non-hydrogen) atoms. The van der Waals surface area contributed by atoms with E-state index in [-0.39, 0.29) is 12.0 Å². The lowest BCUT2D eigenvalue weighted by Gasteiger charge is -2.35. The minimum atomic E-state index is -4.39. The molecule has 2 aliphatic heterocycles. The third-order valence-electron chi connectivity index (χ3n) is 6.49. The predicted molar refractivity (Wildman–Crippen MR) is 109 cm³/mol. The highest BCUT2D eigenvalue weighted by atomic mass is 19.4. The van der Waals surface area contributed by atoms with Crippen molar-refractivity contribution in [2.24, 2.45) is 0 Å². The first-order chi connectivity index (χ1) is 15.3. The predicted octanol–water partition coefficient (Wildman–Crippen LogP) is 4.64. The van der Waals surface area contributed by atoms with Crippen molar-refractivity contribution in [2.45, 2.75) is 37.2 Å². The zero-order chi connectivity index (χ0) is 22.5. The Morgan fingerprint density at radius 3 is 2.44 bits per heavy atom. The molecular weight excluding hydrogens is 426 g/mol. The van der Waals surface area contributed by atoms with E-state index in [1.165, 1.54) is 24.3 Å². The molecule has 2 saturated heterocycles. The molecule has 0 aliphatic carbocycles. The number of rotatable bonds is 4. The van der Waals surface area contributed by atoms with E-state index in [0.717, 1.165) is 11.6 Å². The number of aliphatic hydroxyl groups is 1. The van der Waals surface area contributed by atoms with Crippen molar-refractivity contribution in [3.63, 3.8) is 0 Å². The molecule has 0 saturated carbocycles. The number of aromatic nitrogens is 2. The summed E-state index contributed by atoms with van der Waals surface area (Å²) in [5.41, 5.74) is 0.793. The maximum atomic E-state index is 14.0. The fourth-order valence-electron chi connectivity index (χ4n) is 4.71. The van der Waals surface area contributed by atoms with Gasteiger partial charge in [-0.2, -0.15) is 18.3 Å². The lowest BCUT2D eigenvalue weighted by molar-refractivity contribution is -0.138. The van der Waals surface area contributed by atoms with Crippen LogP contribution in [0.1, 0.15) is 47.9 Å². The summed E-state index contributed by atoms with van der Waals surface area (Å²) in [5.74, 6) is -0.659. The fourth-order valence-corrected chi connectivity index (χ4v) is 4.71. The minimum Gasteiger partial charge on any atom is -0.377 e. The Bertz CT molecular complexity index is 1120. The van der Waals surface area contributed by atoms with Crippen LogP contribution in [0.15, 0.2) is 42.5 Å². The number of likely N-dealkylation sites (tertiary alicyclic amines) is 1. The molecule has 1 N–H and O–H groups in total.